The van der Waals surface area contributed by atoms with E-state index in [-0.39, 0.29) is 24.8 Å². The molecule has 2 aliphatic rings. The molecule has 3 aromatic rings. The van der Waals surface area contributed by atoms with Crippen molar-refractivity contribution in [3.8, 4) is 0 Å². The van der Waals surface area contributed by atoms with Crippen LogP contribution in [0.1, 0.15) is 73.4 Å². The fourth-order valence-corrected chi connectivity index (χ4v) is 5.89. The Labute approximate surface area is 252 Å². The number of fused-ring (bicyclic) bond motifs is 8. The van der Waals surface area contributed by atoms with Gasteiger partial charge in [-0.1, -0.05) is 0 Å². The van der Waals surface area contributed by atoms with Crippen molar-refractivity contribution in [3.63, 3.8) is 0 Å². The van der Waals surface area contributed by atoms with Crippen molar-refractivity contribution in [2.24, 2.45) is 0 Å². The molecule has 8 bridgehead atoms. The van der Waals surface area contributed by atoms with E-state index in [0.29, 0.717) is 12.8 Å². The van der Waals surface area contributed by atoms with Crippen LogP contribution in [0.25, 0.3) is 44.4 Å². The maximum Gasteiger partial charge on any atom is 0.305 e. The van der Waals surface area contributed by atoms with Crippen molar-refractivity contribution in [1.29, 1.82) is 0 Å². The molecule has 0 fully saturated rings. The number of aryl methyl sites for hydroxylation is 2. The summed E-state index contributed by atoms with van der Waals surface area (Å²) in [6.07, 6.45) is 1.48. The zero-order valence-electron chi connectivity index (χ0n) is 24.1. The first-order chi connectivity index (χ1) is 19.6. The highest BCUT2D eigenvalue weighted by Crippen LogP contribution is 2.37. The van der Waals surface area contributed by atoms with Crippen LogP contribution in [-0.2, 0) is 19.1 Å². The van der Waals surface area contributed by atoms with Gasteiger partial charge in [0.1, 0.15) is 0 Å². The quantitative estimate of drug-likeness (QED) is 0.211. The van der Waals surface area contributed by atoms with Crippen molar-refractivity contribution in [2.45, 2.75) is 53.4 Å². The number of rotatable bonds is 6. The molecule has 0 aromatic carbocycles. The number of carbonyl (C=O) groups excluding carboxylic acids is 2. The molecule has 2 aliphatic heterocycles. The standard InChI is InChI=1S/C32H33IN4O4/c1-16-11-20-12-24-17(2)21(7-9-30(38)40-5)27(35-24)15-28-22(8-10-31(39)41-6)18(3)25(36-28)14-26-19(4)32(33)29(37-26)13-23(16)34-20/h11-15,34,37H,7-10H2,1-6H3. The number of hydrogen-bond donors (Lipinski definition) is 2. The van der Waals surface area contributed by atoms with Gasteiger partial charge in [-0.05, 0) is 127 Å². The lowest BCUT2D eigenvalue weighted by molar-refractivity contribution is -0.141. The zero-order chi connectivity index (χ0) is 29.4. The van der Waals surface area contributed by atoms with Gasteiger partial charge in [0.2, 0.25) is 0 Å². The third kappa shape index (κ3) is 5.72. The van der Waals surface area contributed by atoms with Gasteiger partial charge in [-0.2, -0.15) is 0 Å². The molecular weight excluding hydrogens is 631 g/mol. The van der Waals surface area contributed by atoms with E-state index in [9.17, 15) is 9.59 Å². The monoisotopic (exact) mass is 664 g/mol. The smallest absolute Gasteiger partial charge is 0.305 e. The lowest BCUT2D eigenvalue weighted by Crippen LogP contribution is -2.01. The molecule has 0 unspecified atom stereocenters. The van der Waals surface area contributed by atoms with Gasteiger partial charge in [0, 0.05) is 33.0 Å². The Morgan fingerprint density at radius 1 is 0.707 bits per heavy atom. The first kappa shape index (κ1) is 28.8. The van der Waals surface area contributed by atoms with Gasteiger partial charge in [-0.25, -0.2) is 9.97 Å². The van der Waals surface area contributed by atoms with E-state index in [1.165, 1.54) is 14.2 Å². The molecule has 0 spiro atoms. The maximum atomic E-state index is 12.1. The Balaban J connectivity index is 1.83. The molecule has 0 radical (unpaired) electrons. The average molecular weight is 665 g/mol. The van der Waals surface area contributed by atoms with Crippen molar-refractivity contribution in [3.05, 3.63) is 67.8 Å². The molecule has 0 saturated carbocycles. The summed E-state index contributed by atoms with van der Waals surface area (Å²) in [5, 5.41) is 0. The largest absolute Gasteiger partial charge is 0.469 e. The number of hydrogen-bond acceptors (Lipinski definition) is 6. The molecular formula is C32H33IN4O4. The summed E-state index contributed by atoms with van der Waals surface area (Å²) in [5.74, 6) is -0.539. The van der Waals surface area contributed by atoms with E-state index in [4.69, 9.17) is 19.4 Å². The number of nitrogens with zero attached hydrogens (tertiary/aromatic N) is 2. The molecule has 212 valence electrons. The Hall–Kier alpha value is -3.73. The van der Waals surface area contributed by atoms with Crippen molar-refractivity contribution < 1.29 is 19.1 Å². The second-order valence-corrected chi connectivity index (χ2v) is 11.5. The predicted molar refractivity (Wildman–Crippen MR) is 171 cm³/mol. The van der Waals surface area contributed by atoms with Gasteiger partial charge in [-0.3, -0.25) is 9.59 Å². The number of aromatic amines is 2. The van der Waals surface area contributed by atoms with Crippen LogP contribution in [-0.4, -0.2) is 46.1 Å². The maximum absolute atomic E-state index is 12.1. The summed E-state index contributed by atoms with van der Waals surface area (Å²) in [6, 6.07) is 10.3. The first-order valence-electron chi connectivity index (χ1n) is 13.5. The number of methoxy groups -OCH3 is 2. The van der Waals surface area contributed by atoms with Gasteiger partial charge in [-0.15, -0.1) is 0 Å². The number of nitrogens with one attached hydrogen (secondary N) is 2. The van der Waals surface area contributed by atoms with Crippen LogP contribution in [0.5, 0.6) is 0 Å². The van der Waals surface area contributed by atoms with Crippen LogP contribution >= 0.6 is 22.6 Å². The number of H-pyrrole nitrogens is 2. The Kier molecular flexibility index (Phi) is 8.17. The summed E-state index contributed by atoms with van der Waals surface area (Å²) in [6.45, 7) is 8.26. The molecule has 0 atom stereocenters. The SMILES string of the molecule is COC(=O)CCC1=C(C)c2cc3cc(C)c(cc4[nH]c(cc5nc(cc1n2)C(CCC(=O)OC)=C5C)c(C)c4I)[nH]3. The number of esters is 2. The molecule has 5 rings (SSSR count). The summed E-state index contributed by atoms with van der Waals surface area (Å²) < 4.78 is 11.0. The van der Waals surface area contributed by atoms with Crippen LogP contribution in [0.3, 0.4) is 0 Å². The molecule has 2 N–H and O–H groups in total. The Morgan fingerprint density at radius 3 is 1.83 bits per heavy atom. The van der Waals surface area contributed by atoms with Crippen LogP contribution in [0.15, 0.2) is 30.3 Å². The van der Waals surface area contributed by atoms with Crippen molar-refractivity contribution in [2.75, 3.05) is 14.2 Å². The average Bonchev–Trinajstić information content (AvgIpc) is 3.62. The highest BCUT2D eigenvalue weighted by atomic mass is 127. The van der Waals surface area contributed by atoms with E-state index in [2.05, 4.69) is 64.6 Å². The fraction of sp³-hybridized carbons (Fsp3) is 0.312. The zero-order valence-corrected chi connectivity index (χ0v) is 26.3. The highest BCUT2D eigenvalue weighted by Gasteiger charge is 2.22. The van der Waals surface area contributed by atoms with E-state index in [0.717, 1.165) is 81.8 Å². The lowest BCUT2D eigenvalue weighted by atomic mass is 9.98. The first-order valence-corrected chi connectivity index (χ1v) is 14.6. The fourth-order valence-electron chi connectivity index (χ4n) is 5.31. The van der Waals surface area contributed by atoms with E-state index in [1.54, 1.807) is 0 Å². The van der Waals surface area contributed by atoms with Gasteiger partial charge >= 0.3 is 11.9 Å². The predicted octanol–water partition coefficient (Wildman–Crippen LogP) is 7.30. The molecule has 8 nitrogen and oxygen atoms in total. The topological polar surface area (TPSA) is 110 Å². The van der Waals surface area contributed by atoms with Crippen LogP contribution < -0.4 is 0 Å². The summed E-state index contributed by atoms with van der Waals surface area (Å²) in [7, 11) is 2.80. The Bertz CT molecular complexity index is 1810. The van der Waals surface area contributed by atoms with Gasteiger partial charge in [0.05, 0.1) is 42.5 Å². The van der Waals surface area contributed by atoms with Gasteiger partial charge in [0.25, 0.3) is 0 Å². The minimum atomic E-state index is -0.270. The van der Waals surface area contributed by atoms with Crippen LogP contribution in [0.2, 0.25) is 0 Å². The van der Waals surface area contributed by atoms with Gasteiger partial charge < -0.3 is 19.4 Å². The van der Waals surface area contributed by atoms with Crippen LogP contribution in [0, 0.1) is 17.4 Å². The van der Waals surface area contributed by atoms with Crippen LogP contribution in [0.4, 0.5) is 0 Å². The molecule has 0 saturated heterocycles. The number of ether oxygens (including phenoxy) is 2. The molecule has 5 heterocycles. The van der Waals surface area contributed by atoms with Crippen molar-refractivity contribution >= 4 is 78.9 Å². The van der Waals surface area contributed by atoms with Crippen molar-refractivity contribution in [1.82, 2.24) is 19.9 Å². The lowest BCUT2D eigenvalue weighted by Gasteiger charge is -2.06. The van der Waals surface area contributed by atoms with E-state index >= 15 is 0 Å². The molecule has 3 aromatic heterocycles. The molecule has 9 heteroatoms. The minimum Gasteiger partial charge on any atom is -0.469 e. The normalized spacial score (nSPS) is 13.1. The molecule has 41 heavy (non-hydrogen) atoms. The van der Waals surface area contributed by atoms with Gasteiger partial charge in [0.15, 0.2) is 0 Å². The highest BCUT2D eigenvalue weighted by molar-refractivity contribution is 14.1. The molecule has 0 amide bonds. The van der Waals surface area contributed by atoms with E-state index in [1.807, 2.05) is 26.0 Å². The third-order valence-corrected chi connectivity index (χ3v) is 9.23. The molecule has 0 aliphatic carbocycles. The van der Waals surface area contributed by atoms with E-state index < -0.39 is 0 Å². The third-order valence-electron chi connectivity index (χ3n) is 7.84. The number of carbonyl (C=O) groups is 2. The summed E-state index contributed by atoms with van der Waals surface area (Å²) in [5.41, 5.74) is 13.4. The second kappa shape index (κ2) is 11.6. The summed E-state index contributed by atoms with van der Waals surface area (Å²) >= 11 is 2.38. The minimum absolute atomic E-state index is 0.248. The Morgan fingerprint density at radius 2 is 1.27 bits per heavy atom. The number of aromatic nitrogens is 4. The number of allylic oxidation sites excluding steroid dienone is 4. The number of halogens is 1. The summed E-state index contributed by atoms with van der Waals surface area (Å²) in [4.78, 5) is 41.3. The second-order valence-electron chi connectivity index (χ2n) is 10.4.